The first-order valence-corrected chi connectivity index (χ1v) is 6.02. The van der Waals surface area contributed by atoms with Gasteiger partial charge in [0.2, 0.25) is 0 Å². The fourth-order valence-electron chi connectivity index (χ4n) is 1.81. The quantitative estimate of drug-likeness (QED) is 0.805. The van der Waals surface area contributed by atoms with Crippen molar-refractivity contribution in [3.8, 4) is 0 Å². The van der Waals surface area contributed by atoms with Gasteiger partial charge < -0.3 is 9.64 Å². The van der Waals surface area contributed by atoms with Crippen molar-refractivity contribution in [1.82, 2.24) is 14.6 Å². The van der Waals surface area contributed by atoms with Crippen molar-refractivity contribution in [2.45, 2.75) is 12.6 Å². The number of carbonyl (C=O) groups excluding carboxylic acids is 1. The summed E-state index contributed by atoms with van der Waals surface area (Å²) < 4.78 is 43.7. The first-order chi connectivity index (χ1) is 9.82. The Hall–Kier alpha value is -2.32. The summed E-state index contributed by atoms with van der Waals surface area (Å²) in [6.07, 6.45) is -1.73. The molecule has 2 heterocycles. The van der Waals surface area contributed by atoms with Crippen LogP contribution in [-0.2, 0) is 15.7 Å². The number of alkyl halides is 3. The molecule has 114 valence electrons. The summed E-state index contributed by atoms with van der Waals surface area (Å²) in [5, 5.41) is 3.47. The van der Waals surface area contributed by atoms with Crippen LogP contribution in [0.5, 0.6) is 0 Å². The van der Waals surface area contributed by atoms with E-state index >= 15 is 0 Å². The van der Waals surface area contributed by atoms with E-state index in [1.165, 1.54) is 19.5 Å². The van der Waals surface area contributed by atoms with Crippen LogP contribution in [0.4, 0.5) is 19.0 Å². The maximum Gasteiger partial charge on any atom is 0.435 e. The summed E-state index contributed by atoms with van der Waals surface area (Å²) in [5.41, 5.74) is -0.768. The fourth-order valence-corrected chi connectivity index (χ4v) is 1.81. The summed E-state index contributed by atoms with van der Waals surface area (Å²) in [4.78, 5) is 16.7. The fraction of sp³-hybridized carbons (Fsp3) is 0.417. The molecule has 0 aliphatic rings. The second-order valence-corrected chi connectivity index (χ2v) is 4.36. The number of hydrogen-bond donors (Lipinski definition) is 0. The minimum Gasteiger partial charge on any atom is -0.469 e. The van der Waals surface area contributed by atoms with E-state index in [1.807, 2.05) is 0 Å². The molecule has 0 aliphatic carbocycles. The highest BCUT2D eigenvalue weighted by molar-refractivity contribution is 5.72. The van der Waals surface area contributed by atoms with Gasteiger partial charge in [-0.15, -0.1) is 0 Å². The van der Waals surface area contributed by atoms with Crippen LogP contribution in [0.25, 0.3) is 5.52 Å². The molecule has 0 amide bonds. The van der Waals surface area contributed by atoms with Crippen molar-refractivity contribution in [3.05, 3.63) is 24.2 Å². The zero-order valence-corrected chi connectivity index (χ0v) is 11.4. The number of methoxy groups -OCH3 is 1. The molecule has 0 unspecified atom stereocenters. The van der Waals surface area contributed by atoms with Crippen LogP contribution >= 0.6 is 0 Å². The van der Waals surface area contributed by atoms with Crippen molar-refractivity contribution in [2.24, 2.45) is 0 Å². The average Bonchev–Trinajstić information content (AvgIpc) is 2.88. The van der Waals surface area contributed by atoms with Crippen molar-refractivity contribution < 1.29 is 22.7 Å². The molecule has 2 aromatic rings. The Morgan fingerprint density at radius 2 is 2.19 bits per heavy atom. The normalized spacial score (nSPS) is 11.7. The van der Waals surface area contributed by atoms with Crippen LogP contribution in [0.2, 0.25) is 0 Å². The minimum absolute atomic E-state index is 0.107. The van der Waals surface area contributed by atoms with E-state index in [0.717, 1.165) is 10.6 Å². The van der Waals surface area contributed by atoms with Crippen LogP contribution in [0.3, 0.4) is 0 Å². The molecule has 0 bridgehead atoms. The number of hydrogen-bond acceptors (Lipinski definition) is 5. The predicted octanol–water partition coefficient (Wildman–Crippen LogP) is 1.75. The van der Waals surface area contributed by atoms with Crippen molar-refractivity contribution >= 4 is 17.3 Å². The van der Waals surface area contributed by atoms with E-state index in [2.05, 4.69) is 14.8 Å². The van der Waals surface area contributed by atoms with Gasteiger partial charge in [-0.1, -0.05) is 0 Å². The first-order valence-electron chi connectivity index (χ1n) is 6.02. The van der Waals surface area contributed by atoms with Gasteiger partial charge in [-0.3, -0.25) is 4.79 Å². The second-order valence-electron chi connectivity index (χ2n) is 4.36. The molecule has 0 saturated carbocycles. The number of ether oxygens (including phenoxy) is 1. The maximum atomic E-state index is 12.7. The van der Waals surface area contributed by atoms with E-state index < -0.39 is 17.8 Å². The lowest BCUT2D eigenvalue weighted by atomic mass is 10.3. The molecule has 9 heteroatoms. The van der Waals surface area contributed by atoms with E-state index in [1.54, 1.807) is 11.9 Å². The number of nitrogens with zero attached hydrogens (tertiary/aromatic N) is 4. The standard InChI is InChI=1S/C12H13F3N4O2/c1-18(5-3-10(20)21-2)11-8-7-9(12(13,14)15)17-19(8)6-4-16-11/h4,6-7H,3,5H2,1-2H3. The Balaban J connectivity index is 2.31. The molecule has 0 aromatic carbocycles. The second kappa shape index (κ2) is 5.58. The van der Waals surface area contributed by atoms with Crippen LogP contribution in [0.15, 0.2) is 18.5 Å². The Kier molecular flexibility index (Phi) is 4.01. The van der Waals surface area contributed by atoms with Gasteiger partial charge in [0.25, 0.3) is 0 Å². The lowest BCUT2D eigenvalue weighted by Crippen LogP contribution is -2.23. The van der Waals surface area contributed by atoms with Gasteiger partial charge in [-0.2, -0.15) is 18.3 Å². The smallest absolute Gasteiger partial charge is 0.435 e. The van der Waals surface area contributed by atoms with Gasteiger partial charge in [0.05, 0.1) is 13.5 Å². The third-order valence-corrected chi connectivity index (χ3v) is 2.90. The van der Waals surface area contributed by atoms with E-state index in [-0.39, 0.29) is 18.5 Å². The summed E-state index contributed by atoms with van der Waals surface area (Å²) in [6.45, 7) is 0.270. The molecule has 6 nitrogen and oxygen atoms in total. The summed E-state index contributed by atoms with van der Waals surface area (Å²) in [7, 11) is 2.90. The van der Waals surface area contributed by atoms with Crippen LogP contribution < -0.4 is 4.90 Å². The topological polar surface area (TPSA) is 59.7 Å². The first kappa shape index (κ1) is 15.1. The minimum atomic E-state index is -4.52. The molecular formula is C12H13F3N4O2. The predicted molar refractivity (Wildman–Crippen MR) is 67.9 cm³/mol. The van der Waals surface area contributed by atoms with Gasteiger partial charge in [0.15, 0.2) is 11.5 Å². The van der Waals surface area contributed by atoms with Gasteiger partial charge in [-0.05, 0) is 0 Å². The number of carbonyl (C=O) groups is 1. The highest BCUT2D eigenvalue weighted by Crippen LogP contribution is 2.30. The molecule has 0 spiro atoms. The van der Waals surface area contributed by atoms with E-state index in [4.69, 9.17) is 0 Å². The van der Waals surface area contributed by atoms with Crippen molar-refractivity contribution in [1.29, 1.82) is 0 Å². The maximum absolute atomic E-state index is 12.7. The van der Waals surface area contributed by atoms with Crippen LogP contribution in [-0.4, -0.2) is 41.3 Å². The third kappa shape index (κ3) is 3.23. The Morgan fingerprint density at radius 1 is 1.48 bits per heavy atom. The van der Waals surface area contributed by atoms with Crippen molar-refractivity contribution in [3.63, 3.8) is 0 Å². The molecule has 0 radical (unpaired) electrons. The molecular weight excluding hydrogens is 289 g/mol. The Morgan fingerprint density at radius 3 is 2.81 bits per heavy atom. The van der Waals surface area contributed by atoms with Gasteiger partial charge >= 0.3 is 12.1 Å². The zero-order valence-electron chi connectivity index (χ0n) is 11.4. The molecule has 0 atom stereocenters. The molecule has 2 aromatic heterocycles. The van der Waals surface area contributed by atoms with Gasteiger partial charge in [0.1, 0.15) is 5.52 Å². The monoisotopic (exact) mass is 302 g/mol. The summed E-state index contributed by atoms with van der Waals surface area (Å²) >= 11 is 0. The third-order valence-electron chi connectivity index (χ3n) is 2.90. The summed E-state index contributed by atoms with van der Waals surface area (Å²) in [5.74, 6) is -0.0947. The SMILES string of the molecule is COC(=O)CCN(C)c1nccn2nc(C(F)(F)F)cc12. The van der Waals surface area contributed by atoms with Crippen molar-refractivity contribution in [2.75, 3.05) is 25.6 Å². The average molecular weight is 302 g/mol. The highest BCUT2D eigenvalue weighted by Gasteiger charge is 2.34. The number of rotatable bonds is 4. The van der Waals surface area contributed by atoms with Gasteiger partial charge in [-0.25, -0.2) is 9.50 Å². The van der Waals surface area contributed by atoms with Crippen LogP contribution in [0, 0.1) is 0 Å². The van der Waals surface area contributed by atoms with E-state index in [9.17, 15) is 18.0 Å². The number of anilines is 1. The zero-order chi connectivity index (χ0) is 15.6. The Bertz CT molecular complexity index is 653. The van der Waals surface area contributed by atoms with Crippen LogP contribution in [0.1, 0.15) is 12.1 Å². The Labute approximate surface area is 118 Å². The molecule has 0 saturated heterocycles. The lowest BCUT2D eigenvalue weighted by molar-refractivity contribution is -0.141. The molecule has 0 fully saturated rings. The molecule has 2 rings (SSSR count). The number of aromatic nitrogens is 3. The molecule has 21 heavy (non-hydrogen) atoms. The number of fused-ring (bicyclic) bond motifs is 1. The van der Waals surface area contributed by atoms with Gasteiger partial charge in [0, 0.05) is 32.1 Å². The number of halogens is 3. The highest BCUT2D eigenvalue weighted by atomic mass is 19.4. The lowest BCUT2D eigenvalue weighted by Gasteiger charge is -2.17. The summed E-state index contributed by atoms with van der Waals surface area (Å²) in [6, 6.07) is 0.928. The largest absolute Gasteiger partial charge is 0.469 e. The number of esters is 1. The van der Waals surface area contributed by atoms with E-state index in [0.29, 0.717) is 5.82 Å². The molecule has 0 aliphatic heterocycles. The molecule has 0 N–H and O–H groups in total.